The van der Waals surface area contributed by atoms with Crippen LogP contribution in [0.3, 0.4) is 0 Å². The molecule has 146 valence electrons. The van der Waals surface area contributed by atoms with Gasteiger partial charge < -0.3 is 19.5 Å². The molecule has 0 bridgehead atoms. The maximum atomic E-state index is 12.4. The van der Waals surface area contributed by atoms with Crippen molar-refractivity contribution in [2.45, 2.75) is 46.8 Å². The Kier molecular flexibility index (Phi) is 7.99. The number of amides is 1. The van der Waals surface area contributed by atoms with Crippen LogP contribution in [-0.2, 0) is 17.8 Å². The first-order valence-electron chi connectivity index (χ1n) is 9.49. The molecule has 0 fully saturated rings. The first kappa shape index (κ1) is 20.6. The number of nitrogens with one attached hydrogen (secondary N) is 1. The summed E-state index contributed by atoms with van der Waals surface area (Å²) >= 11 is 0. The van der Waals surface area contributed by atoms with E-state index < -0.39 is 6.10 Å². The molecule has 1 N–H and O–H groups in total. The second-order valence-electron chi connectivity index (χ2n) is 6.09. The van der Waals surface area contributed by atoms with Crippen LogP contribution in [0.5, 0.6) is 17.2 Å². The number of benzene rings is 2. The summed E-state index contributed by atoms with van der Waals surface area (Å²) in [5.74, 6) is 1.99. The van der Waals surface area contributed by atoms with Gasteiger partial charge >= 0.3 is 0 Å². The standard InChI is InChI=1S/C22H29NO4/c1-5-18-10-8-9-11-19(18)27-16(4)22(24)23-15-17-12-13-20(25-6-2)21(14-17)26-7-3/h8-14,16H,5-7,15H2,1-4H3,(H,23,24)/t16-/m1/s1. The van der Waals surface area contributed by atoms with Crippen LogP contribution in [0.1, 0.15) is 38.8 Å². The van der Waals surface area contributed by atoms with Crippen LogP contribution >= 0.6 is 0 Å². The van der Waals surface area contributed by atoms with Crippen molar-refractivity contribution in [3.63, 3.8) is 0 Å². The first-order chi connectivity index (χ1) is 13.1. The summed E-state index contributed by atoms with van der Waals surface area (Å²) < 4.78 is 17.0. The second-order valence-corrected chi connectivity index (χ2v) is 6.09. The van der Waals surface area contributed by atoms with E-state index in [2.05, 4.69) is 12.2 Å². The van der Waals surface area contributed by atoms with E-state index in [-0.39, 0.29) is 5.91 Å². The molecule has 0 radical (unpaired) electrons. The zero-order valence-corrected chi connectivity index (χ0v) is 16.6. The lowest BCUT2D eigenvalue weighted by atomic mass is 10.1. The zero-order valence-electron chi connectivity index (χ0n) is 16.6. The molecule has 0 saturated heterocycles. The first-order valence-corrected chi connectivity index (χ1v) is 9.49. The highest BCUT2D eigenvalue weighted by atomic mass is 16.5. The van der Waals surface area contributed by atoms with Gasteiger partial charge in [0.25, 0.3) is 5.91 Å². The van der Waals surface area contributed by atoms with Gasteiger partial charge in [0.2, 0.25) is 0 Å². The van der Waals surface area contributed by atoms with Gasteiger partial charge in [0.15, 0.2) is 17.6 Å². The lowest BCUT2D eigenvalue weighted by molar-refractivity contribution is -0.127. The van der Waals surface area contributed by atoms with Crippen LogP contribution in [0, 0.1) is 0 Å². The SMILES string of the molecule is CCOc1ccc(CNC(=O)[C@@H](C)Oc2ccccc2CC)cc1OCC. The summed E-state index contributed by atoms with van der Waals surface area (Å²) in [6.45, 7) is 9.20. The lowest BCUT2D eigenvalue weighted by Gasteiger charge is -2.17. The molecule has 2 aromatic rings. The van der Waals surface area contributed by atoms with Crippen LogP contribution in [0.2, 0.25) is 0 Å². The summed E-state index contributed by atoms with van der Waals surface area (Å²) in [6, 6.07) is 13.5. The molecule has 2 aromatic carbocycles. The molecule has 0 aliphatic heterocycles. The number of carbonyl (C=O) groups is 1. The molecule has 0 aliphatic carbocycles. The Labute approximate surface area is 161 Å². The number of hydrogen-bond donors (Lipinski definition) is 1. The number of aryl methyl sites for hydroxylation is 1. The minimum Gasteiger partial charge on any atom is -0.490 e. The van der Waals surface area contributed by atoms with Crippen LogP contribution < -0.4 is 19.5 Å². The highest BCUT2D eigenvalue weighted by Crippen LogP contribution is 2.28. The van der Waals surface area contributed by atoms with Crippen molar-refractivity contribution in [1.29, 1.82) is 0 Å². The Bertz CT molecular complexity index is 745. The molecule has 0 aliphatic rings. The average molecular weight is 371 g/mol. The van der Waals surface area contributed by atoms with Crippen LogP contribution in [0.25, 0.3) is 0 Å². The molecule has 0 unspecified atom stereocenters. The number of carbonyl (C=O) groups excluding carboxylic acids is 1. The highest BCUT2D eigenvalue weighted by molar-refractivity contribution is 5.80. The van der Waals surface area contributed by atoms with E-state index in [4.69, 9.17) is 14.2 Å². The third-order valence-electron chi connectivity index (χ3n) is 4.10. The summed E-state index contributed by atoms with van der Waals surface area (Å²) in [5.41, 5.74) is 2.03. The van der Waals surface area contributed by atoms with E-state index in [0.29, 0.717) is 31.3 Å². The Hall–Kier alpha value is -2.69. The van der Waals surface area contributed by atoms with E-state index >= 15 is 0 Å². The van der Waals surface area contributed by atoms with Gasteiger partial charge in [-0.1, -0.05) is 31.2 Å². The molecule has 0 aromatic heterocycles. The molecule has 1 amide bonds. The zero-order chi connectivity index (χ0) is 19.6. The maximum Gasteiger partial charge on any atom is 0.261 e. The van der Waals surface area contributed by atoms with Crippen molar-refractivity contribution in [1.82, 2.24) is 5.32 Å². The van der Waals surface area contributed by atoms with Crippen molar-refractivity contribution in [3.8, 4) is 17.2 Å². The summed E-state index contributed by atoms with van der Waals surface area (Å²) in [5, 5.41) is 2.92. The van der Waals surface area contributed by atoms with Gasteiger partial charge in [-0.2, -0.15) is 0 Å². The predicted molar refractivity (Wildman–Crippen MR) is 107 cm³/mol. The van der Waals surface area contributed by atoms with Crippen LogP contribution in [0.4, 0.5) is 0 Å². The summed E-state index contributed by atoms with van der Waals surface area (Å²) in [7, 11) is 0. The third-order valence-corrected chi connectivity index (χ3v) is 4.10. The minimum absolute atomic E-state index is 0.159. The van der Waals surface area contributed by atoms with Gasteiger partial charge in [-0.15, -0.1) is 0 Å². The smallest absolute Gasteiger partial charge is 0.261 e. The molecule has 5 heteroatoms. The van der Waals surface area contributed by atoms with Gasteiger partial charge in [0.1, 0.15) is 5.75 Å². The molecule has 2 rings (SSSR count). The van der Waals surface area contributed by atoms with Gasteiger partial charge in [-0.25, -0.2) is 0 Å². The second kappa shape index (κ2) is 10.5. The van der Waals surface area contributed by atoms with Crippen molar-refractivity contribution in [2.75, 3.05) is 13.2 Å². The molecular formula is C22H29NO4. The van der Waals surface area contributed by atoms with Gasteiger partial charge in [0.05, 0.1) is 13.2 Å². The Morgan fingerprint density at radius 3 is 2.37 bits per heavy atom. The lowest BCUT2D eigenvalue weighted by Crippen LogP contribution is -2.36. The molecule has 0 saturated carbocycles. The molecule has 0 spiro atoms. The van der Waals surface area contributed by atoms with E-state index in [1.165, 1.54) is 0 Å². The largest absolute Gasteiger partial charge is 0.490 e. The number of rotatable bonds is 10. The monoisotopic (exact) mass is 371 g/mol. The average Bonchev–Trinajstić information content (AvgIpc) is 2.68. The Morgan fingerprint density at radius 1 is 0.963 bits per heavy atom. The summed E-state index contributed by atoms with van der Waals surface area (Å²) in [4.78, 5) is 12.4. The predicted octanol–water partition coefficient (Wildman–Crippen LogP) is 4.13. The van der Waals surface area contributed by atoms with Crippen LogP contribution in [0.15, 0.2) is 42.5 Å². The fraction of sp³-hybridized carbons (Fsp3) is 0.409. The summed E-state index contributed by atoms with van der Waals surface area (Å²) in [6.07, 6.45) is 0.281. The number of ether oxygens (including phenoxy) is 3. The van der Waals surface area contributed by atoms with Gasteiger partial charge in [-0.05, 0) is 56.5 Å². The van der Waals surface area contributed by atoms with E-state index in [1.807, 2.05) is 56.3 Å². The Balaban J connectivity index is 1.97. The molecular weight excluding hydrogens is 342 g/mol. The van der Waals surface area contributed by atoms with Gasteiger partial charge in [0, 0.05) is 6.54 Å². The van der Waals surface area contributed by atoms with Crippen molar-refractivity contribution in [2.24, 2.45) is 0 Å². The van der Waals surface area contributed by atoms with E-state index in [0.717, 1.165) is 23.3 Å². The number of hydrogen-bond acceptors (Lipinski definition) is 4. The Morgan fingerprint density at radius 2 is 1.67 bits per heavy atom. The topological polar surface area (TPSA) is 56.8 Å². The van der Waals surface area contributed by atoms with Crippen molar-refractivity contribution < 1.29 is 19.0 Å². The molecule has 1 atom stereocenters. The molecule has 5 nitrogen and oxygen atoms in total. The fourth-order valence-electron chi connectivity index (χ4n) is 2.69. The van der Waals surface area contributed by atoms with Crippen molar-refractivity contribution in [3.05, 3.63) is 53.6 Å². The normalized spacial score (nSPS) is 11.6. The maximum absolute atomic E-state index is 12.4. The third kappa shape index (κ3) is 5.91. The number of para-hydroxylation sites is 1. The quantitative estimate of drug-likeness (QED) is 0.682. The molecule has 27 heavy (non-hydrogen) atoms. The van der Waals surface area contributed by atoms with E-state index in [9.17, 15) is 4.79 Å². The van der Waals surface area contributed by atoms with Crippen LogP contribution in [-0.4, -0.2) is 25.2 Å². The van der Waals surface area contributed by atoms with E-state index in [1.54, 1.807) is 6.92 Å². The minimum atomic E-state index is -0.577. The van der Waals surface area contributed by atoms with Crippen molar-refractivity contribution >= 4 is 5.91 Å². The fourth-order valence-corrected chi connectivity index (χ4v) is 2.69. The highest BCUT2D eigenvalue weighted by Gasteiger charge is 2.16. The molecule has 0 heterocycles. The van der Waals surface area contributed by atoms with Gasteiger partial charge in [-0.3, -0.25) is 4.79 Å².